The lowest BCUT2D eigenvalue weighted by atomic mass is 9.86. The van der Waals surface area contributed by atoms with E-state index in [4.69, 9.17) is 11.6 Å². The van der Waals surface area contributed by atoms with Crippen LogP contribution in [-0.2, 0) is 5.41 Å². The van der Waals surface area contributed by atoms with Gasteiger partial charge in [0.15, 0.2) is 0 Å². The highest BCUT2D eigenvalue weighted by Crippen LogP contribution is 2.24. The molecule has 0 aliphatic carbocycles. The first-order chi connectivity index (χ1) is 9.49. The Morgan fingerprint density at radius 1 is 1.10 bits per heavy atom. The van der Waals surface area contributed by atoms with Crippen molar-refractivity contribution >= 4 is 17.5 Å². The summed E-state index contributed by atoms with van der Waals surface area (Å²) in [7, 11) is 0. The number of carbonyl (C=O) groups is 1. The Morgan fingerprint density at radius 2 is 1.62 bits per heavy atom. The molecular formula is C18H28ClNO. The number of hydrogen-bond donors (Lipinski definition) is 1. The lowest BCUT2D eigenvalue weighted by Gasteiger charge is -2.22. The van der Waals surface area contributed by atoms with Crippen LogP contribution in [0, 0.1) is 5.41 Å². The molecule has 118 valence electrons. The largest absolute Gasteiger partial charge is 0.351 e. The van der Waals surface area contributed by atoms with Gasteiger partial charge in [-0.2, -0.15) is 0 Å². The van der Waals surface area contributed by atoms with Crippen LogP contribution in [-0.4, -0.2) is 17.8 Å². The van der Waals surface area contributed by atoms with Crippen LogP contribution in [0.15, 0.2) is 24.3 Å². The Labute approximate surface area is 134 Å². The van der Waals surface area contributed by atoms with E-state index in [1.165, 1.54) is 5.56 Å². The van der Waals surface area contributed by atoms with Crippen molar-refractivity contribution in [2.45, 2.75) is 58.8 Å². The van der Waals surface area contributed by atoms with Crippen LogP contribution >= 0.6 is 11.6 Å². The minimum atomic E-state index is -0.0602. The molecule has 3 heteroatoms. The molecule has 0 saturated heterocycles. The van der Waals surface area contributed by atoms with Gasteiger partial charge in [0.25, 0.3) is 5.91 Å². The first-order valence-electron chi connectivity index (χ1n) is 7.52. The molecule has 0 fully saturated rings. The summed E-state index contributed by atoms with van der Waals surface area (Å²) in [5.74, 6) is -0.0602. The molecule has 0 aromatic heterocycles. The van der Waals surface area contributed by atoms with Crippen LogP contribution < -0.4 is 5.32 Å². The second kappa shape index (κ2) is 6.83. The summed E-state index contributed by atoms with van der Waals surface area (Å²) in [6.45, 7) is 13.4. The van der Waals surface area contributed by atoms with Gasteiger partial charge in [-0.05, 0) is 34.9 Å². The predicted molar refractivity (Wildman–Crippen MR) is 91.2 cm³/mol. The van der Waals surface area contributed by atoms with Gasteiger partial charge in [-0.15, -0.1) is 11.6 Å². The van der Waals surface area contributed by atoms with Gasteiger partial charge in [-0.1, -0.05) is 53.7 Å². The summed E-state index contributed by atoms with van der Waals surface area (Å²) in [5.41, 5.74) is 2.18. The topological polar surface area (TPSA) is 29.1 Å². The van der Waals surface area contributed by atoms with E-state index in [0.29, 0.717) is 12.1 Å². The third-order valence-corrected chi connectivity index (χ3v) is 3.64. The number of alkyl halides is 1. The van der Waals surface area contributed by atoms with Crippen LogP contribution in [0.1, 0.15) is 63.9 Å². The minimum absolute atomic E-state index is 0.0391. The molecule has 0 aliphatic heterocycles. The molecule has 1 N–H and O–H groups in total. The van der Waals surface area contributed by atoms with Gasteiger partial charge in [0.1, 0.15) is 0 Å². The van der Waals surface area contributed by atoms with E-state index in [-0.39, 0.29) is 22.1 Å². The van der Waals surface area contributed by atoms with Gasteiger partial charge in [-0.3, -0.25) is 4.79 Å². The molecule has 1 aromatic carbocycles. The van der Waals surface area contributed by atoms with Gasteiger partial charge < -0.3 is 5.32 Å². The van der Waals surface area contributed by atoms with Gasteiger partial charge in [0.05, 0.1) is 5.38 Å². The first kappa shape index (κ1) is 18.0. The molecule has 0 radical (unpaired) electrons. The van der Waals surface area contributed by atoms with Crippen molar-refractivity contribution in [1.82, 2.24) is 5.32 Å². The monoisotopic (exact) mass is 309 g/mol. The van der Waals surface area contributed by atoms with Crippen molar-refractivity contribution in [3.8, 4) is 0 Å². The van der Waals surface area contributed by atoms with E-state index in [0.717, 1.165) is 6.42 Å². The third kappa shape index (κ3) is 6.52. The van der Waals surface area contributed by atoms with Crippen molar-refractivity contribution in [2.75, 3.05) is 6.54 Å². The van der Waals surface area contributed by atoms with Crippen LogP contribution in [0.4, 0.5) is 0 Å². The molecule has 0 heterocycles. The number of benzene rings is 1. The number of amides is 1. The highest BCUT2D eigenvalue weighted by molar-refractivity contribution is 6.21. The molecule has 1 atom stereocenters. The molecule has 0 bridgehead atoms. The average molecular weight is 310 g/mol. The molecule has 0 saturated carbocycles. The summed E-state index contributed by atoms with van der Waals surface area (Å²) in [4.78, 5) is 12.1. The SMILES string of the molecule is CC(C)(C)CC(Cl)CNC(=O)c1ccc(C(C)(C)C)cc1. The fourth-order valence-corrected chi connectivity index (χ4v) is 2.70. The molecular weight excluding hydrogens is 282 g/mol. The maximum Gasteiger partial charge on any atom is 0.251 e. The molecule has 1 aromatic rings. The second-order valence-electron chi connectivity index (χ2n) is 7.90. The normalized spacial score (nSPS) is 13.9. The summed E-state index contributed by atoms with van der Waals surface area (Å²) in [5, 5.41) is 2.87. The van der Waals surface area contributed by atoms with Crippen LogP contribution in [0.25, 0.3) is 0 Å². The van der Waals surface area contributed by atoms with Crippen molar-refractivity contribution in [3.05, 3.63) is 35.4 Å². The van der Waals surface area contributed by atoms with E-state index in [1.807, 2.05) is 24.3 Å². The second-order valence-corrected chi connectivity index (χ2v) is 8.52. The molecule has 2 nitrogen and oxygen atoms in total. The van der Waals surface area contributed by atoms with Gasteiger partial charge in [0.2, 0.25) is 0 Å². The minimum Gasteiger partial charge on any atom is -0.351 e. The number of carbonyl (C=O) groups excluding carboxylic acids is 1. The van der Waals surface area contributed by atoms with Gasteiger partial charge in [0, 0.05) is 12.1 Å². The van der Waals surface area contributed by atoms with E-state index < -0.39 is 0 Å². The fourth-order valence-electron chi connectivity index (χ4n) is 2.16. The summed E-state index contributed by atoms with van der Waals surface area (Å²) >= 11 is 6.27. The van der Waals surface area contributed by atoms with Crippen molar-refractivity contribution in [2.24, 2.45) is 5.41 Å². The van der Waals surface area contributed by atoms with E-state index in [1.54, 1.807) is 0 Å². The summed E-state index contributed by atoms with van der Waals surface area (Å²) < 4.78 is 0. The summed E-state index contributed by atoms with van der Waals surface area (Å²) in [6, 6.07) is 7.79. The molecule has 1 amide bonds. The average Bonchev–Trinajstić information content (AvgIpc) is 2.33. The third-order valence-electron chi connectivity index (χ3n) is 3.33. The van der Waals surface area contributed by atoms with Crippen LogP contribution in [0.3, 0.4) is 0 Å². The van der Waals surface area contributed by atoms with Crippen LogP contribution in [0.5, 0.6) is 0 Å². The van der Waals surface area contributed by atoms with E-state index in [2.05, 4.69) is 46.9 Å². The maximum atomic E-state index is 12.1. The highest BCUT2D eigenvalue weighted by Gasteiger charge is 2.18. The van der Waals surface area contributed by atoms with E-state index >= 15 is 0 Å². The molecule has 21 heavy (non-hydrogen) atoms. The molecule has 0 aliphatic rings. The number of halogens is 1. The zero-order valence-corrected chi connectivity index (χ0v) is 14.8. The van der Waals surface area contributed by atoms with Crippen LogP contribution in [0.2, 0.25) is 0 Å². The summed E-state index contributed by atoms with van der Waals surface area (Å²) in [6.07, 6.45) is 0.873. The van der Waals surface area contributed by atoms with Crippen molar-refractivity contribution < 1.29 is 4.79 Å². The smallest absolute Gasteiger partial charge is 0.251 e. The Bertz CT molecular complexity index is 465. The number of rotatable bonds is 4. The quantitative estimate of drug-likeness (QED) is 0.798. The lowest BCUT2D eigenvalue weighted by molar-refractivity contribution is 0.0952. The zero-order valence-electron chi connectivity index (χ0n) is 14.1. The van der Waals surface area contributed by atoms with Crippen molar-refractivity contribution in [3.63, 3.8) is 0 Å². The Balaban J connectivity index is 2.57. The predicted octanol–water partition coefficient (Wildman–Crippen LogP) is 4.76. The molecule has 1 unspecified atom stereocenters. The molecule has 0 spiro atoms. The fraction of sp³-hybridized carbons (Fsp3) is 0.611. The number of nitrogens with one attached hydrogen (secondary N) is 1. The Kier molecular flexibility index (Phi) is 5.86. The standard InChI is InChI=1S/C18H28ClNO/c1-17(2,3)11-15(19)12-20-16(21)13-7-9-14(10-8-13)18(4,5)6/h7-10,15H,11-12H2,1-6H3,(H,20,21). The molecule has 1 rings (SSSR count). The van der Waals surface area contributed by atoms with Gasteiger partial charge in [-0.25, -0.2) is 0 Å². The van der Waals surface area contributed by atoms with Crippen molar-refractivity contribution in [1.29, 1.82) is 0 Å². The maximum absolute atomic E-state index is 12.1. The zero-order chi connectivity index (χ0) is 16.3. The number of hydrogen-bond acceptors (Lipinski definition) is 1. The highest BCUT2D eigenvalue weighted by atomic mass is 35.5. The Hall–Kier alpha value is -1.02. The Morgan fingerprint density at radius 3 is 2.05 bits per heavy atom. The first-order valence-corrected chi connectivity index (χ1v) is 7.95. The van der Waals surface area contributed by atoms with E-state index in [9.17, 15) is 4.79 Å². The van der Waals surface area contributed by atoms with Gasteiger partial charge >= 0.3 is 0 Å². The lowest BCUT2D eigenvalue weighted by Crippen LogP contribution is -2.31.